The van der Waals surface area contributed by atoms with Crippen molar-refractivity contribution in [2.24, 2.45) is 5.92 Å². The lowest BCUT2D eigenvalue weighted by molar-refractivity contribution is -0.122. The van der Waals surface area contributed by atoms with Crippen LogP contribution >= 0.6 is 11.3 Å². The monoisotopic (exact) mass is 267 g/mol. The normalized spacial score (nSPS) is 16.6. The molecule has 0 aliphatic heterocycles. The van der Waals surface area contributed by atoms with Crippen LogP contribution in [0.1, 0.15) is 42.4 Å². The molecule has 1 aliphatic rings. The van der Waals surface area contributed by atoms with E-state index in [0.29, 0.717) is 12.3 Å². The van der Waals surface area contributed by atoms with Gasteiger partial charge < -0.3 is 10.6 Å². The molecule has 0 bridgehead atoms. The van der Waals surface area contributed by atoms with E-state index < -0.39 is 0 Å². The predicted molar refractivity (Wildman–Crippen MR) is 73.6 cm³/mol. The second-order valence-electron chi connectivity index (χ2n) is 4.92. The van der Waals surface area contributed by atoms with Crippen molar-refractivity contribution in [3.63, 3.8) is 0 Å². The molecular weight excluding hydrogens is 246 g/mol. The van der Waals surface area contributed by atoms with Crippen molar-refractivity contribution >= 4 is 17.2 Å². The van der Waals surface area contributed by atoms with Crippen LogP contribution in [0.5, 0.6) is 0 Å². The van der Waals surface area contributed by atoms with Crippen LogP contribution in [0.3, 0.4) is 0 Å². The summed E-state index contributed by atoms with van der Waals surface area (Å²) in [6, 6.07) is 0.144. The average molecular weight is 267 g/mol. The molecule has 1 heterocycles. The molecule has 0 radical (unpaired) electrons. The maximum absolute atomic E-state index is 11.9. The minimum atomic E-state index is 0.144. The lowest BCUT2D eigenvalue weighted by Gasteiger charge is -2.15. The van der Waals surface area contributed by atoms with Crippen molar-refractivity contribution in [2.45, 2.75) is 38.6 Å². The van der Waals surface area contributed by atoms with Crippen LogP contribution in [-0.2, 0) is 4.79 Å². The number of carbonyl (C=O) groups is 1. The molecule has 1 fully saturated rings. The third-order valence-corrected chi connectivity index (χ3v) is 4.19. The van der Waals surface area contributed by atoms with Crippen molar-refractivity contribution < 1.29 is 4.79 Å². The zero-order valence-electron chi connectivity index (χ0n) is 11.0. The number of aromatic nitrogens is 1. The van der Waals surface area contributed by atoms with E-state index in [9.17, 15) is 4.79 Å². The Morgan fingerprint density at radius 1 is 1.61 bits per heavy atom. The summed E-state index contributed by atoms with van der Waals surface area (Å²) in [6.07, 6.45) is 3.89. The largest absolute Gasteiger partial charge is 0.347 e. The summed E-state index contributed by atoms with van der Waals surface area (Å²) >= 11 is 1.66. The fourth-order valence-corrected chi connectivity index (χ4v) is 2.94. The van der Waals surface area contributed by atoms with Crippen LogP contribution in [-0.4, -0.2) is 24.5 Å². The van der Waals surface area contributed by atoms with Crippen molar-refractivity contribution in [1.82, 2.24) is 15.6 Å². The predicted octanol–water partition coefficient (Wildman–Crippen LogP) is 2.02. The summed E-state index contributed by atoms with van der Waals surface area (Å²) in [4.78, 5) is 16.4. The Balaban J connectivity index is 1.89. The van der Waals surface area contributed by atoms with E-state index in [1.54, 1.807) is 11.3 Å². The zero-order chi connectivity index (χ0) is 13.0. The molecule has 5 heteroatoms. The molecule has 2 rings (SSSR count). The van der Waals surface area contributed by atoms with E-state index in [4.69, 9.17) is 0 Å². The first-order valence-electron chi connectivity index (χ1n) is 6.56. The van der Waals surface area contributed by atoms with Gasteiger partial charge in [0, 0.05) is 17.5 Å². The molecule has 1 aromatic rings. The highest BCUT2D eigenvalue weighted by atomic mass is 32.1. The average Bonchev–Trinajstić information content (AvgIpc) is 3.09. The summed E-state index contributed by atoms with van der Waals surface area (Å²) in [7, 11) is 1.91. The minimum Gasteiger partial charge on any atom is -0.347 e. The third-order valence-electron chi connectivity index (χ3n) is 3.14. The first-order valence-corrected chi connectivity index (χ1v) is 7.44. The summed E-state index contributed by atoms with van der Waals surface area (Å²) < 4.78 is 0. The highest BCUT2D eigenvalue weighted by Crippen LogP contribution is 2.41. The van der Waals surface area contributed by atoms with Gasteiger partial charge in [0.1, 0.15) is 5.01 Å². The van der Waals surface area contributed by atoms with Gasteiger partial charge in [-0.25, -0.2) is 4.98 Å². The van der Waals surface area contributed by atoms with Gasteiger partial charge in [-0.3, -0.25) is 4.79 Å². The lowest BCUT2D eigenvalue weighted by Crippen LogP contribution is -2.30. The van der Waals surface area contributed by atoms with Gasteiger partial charge in [-0.05, 0) is 45.7 Å². The summed E-state index contributed by atoms with van der Waals surface area (Å²) in [5, 5.41) is 9.32. The van der Waals surface area contributed by atoms with Gasteiger partial charge in [-0.2, -0.15) is 0 Å². The van der Waals surface area contributed by atoms with Crippen molar-refractivity contribution in [1.29, 1.82) is 0 Å². The van der Waals surface area contributed by atoms with Gasteiger partial charge in [-0.1, -0.05) is 0 Å². The highest BCUT2D eigenvalue weighted by Gasteiger charge is 2.35. The van der Waals surface area contributed by atoms with Crippen LogP contribution in [0.2, 0.25) is 0 Å². The van der Waals surface area contributed by atoms with Gasteiger partial charge in [-0.15, -0.1) is 11.3 Å². The fraction of sp³-hybridized carbons (Fsp3) is 0.692. The molecule has 0 aromatic carbocycles. The van der Waals surface area contributed by atoms with E-state index in [1.807, 2.05) is 14.0 Å². The number of nitrogens with one attached hydrogen (secondary N) is 2. The van der Waals surface area contributed by atoms with Gasteiger partial charge >= 0.3 is 0 Å². The molecule has 1 unspecified atom stereocenters. The fourth-order valence-electron chi connectivity index (χ4n) is 2.00. The molecule has 4 nitrogen and oxygen atoms in total. The Morgan fingerprint density at radius 2 is 2.39 bits per heavy atom. The molecule has 1 amide bonds. The Morgan fingerprint density at radius 3 is 2.94 bits per heavy atom. The molecule has 18 heavy (non-hydrogen) atoms. The second-order valence-corrected chi connectivity index (χ2v) is 5.81. The number of rotatable bonds is 7. The number of nitrogens with zero attached hydrogens (tertiary/aromatic N) is 1. The molecule has 1 aromatic heterocycles. The van der Waals surface area contributed by atoms with Gasteiger partial charge in [0.05, 0.1) is 6.04 Å². The summed E-state index contributed by atoms with van der Waals surface area (Å²) in [5.74, 6) is 0.749. The van der Waals surface area contributed by atoms with Crippen molar-refractivity contribution in [3.05, 3.63) is 16.1 Å². The maximum atomic E-state index is 11.9. The molecular formula is C13H21N3OS. The first-order chi connectivity index (χ1) is 8.70. The molecule has 2 N–H and O–H groups in total. The number of aryl methyl sites for hydroxylation is 1. The minimum absolute atomic E-state index is 0.144. The number of thiazole rings is 1. The van der Waals surface area contributed by atoms with E-state index in [0.717, 1.165) is 23.7 Å². The maximum Gasteiger partial charge on any atom is 0.220 e. The molecule has 1 atom stereocenters. The molecule has 0 spiro atoms. The Bertz CT molecular complexity index is 401. The number of hydrogen-bond donors (Lipinski definition) is 2. The third kappa shape index (κ3) is 3.78. The van der Waals surface area contributed by atoms with Crippen molar-refractivity contribution in [3.8, 4) is 0 Å². The number of hydrogen-bond acceptors (Lipinski definition) is 4. The SMILES string of the molecule is CNCCCC(=O)NC(c1nc(C)cs1)C1CC1. The molecule has 0 saturated heterocycles. The number of amides is 1. The topological polar surface area (TPSA) is 54.0 Å². The van der Waals surface area contributed by atoms with E-state index >= 15 is 0 Å². The molecule has 1 aliphatic carbocycles. The van der Waals surface area contributed by atoms with Gasteiger partial charge in [0.25, 0.3) is 0 Å². The van der Waals surface area contributed by atoms with Gasteiger partial charge in [0.15, 0.2) is 0 Å². The summed E-state index contributed by atoms with van der Waals surface area (Å²) in [5.41, 5.74) is 1.05. The zero-order valence-corrected chi connectivity index (χ0v) is 11.8. The lowest BCUT2D eigenvalue weighted by atomic mass is 10.2. The first kappa shape index (κ1) is 13.5. The quantitative estimate of drug-likeness (QED) is 0.743. The molecule has 1 saturated carbocycles. The van der Waals surface area contributed by atoms with Gasteiger partial charge in [0.2, 0.25) is 5.91 Å². The van der Waals surface area contributed by atoms with E-state index in [1.165, 1.54) is 12.8 Å². The standard InChI is InChI=1S/C13H21N3OS/c1-9-8-18-13(15-9)12(10-5-6-10)16-11(17)4-3-7-14-2/h8,10,12,14H,3-7H2,1-2H3,(H,16,17). The molecule has 100 valence electrons. The Labute approximate surface area is 112 Å². The highest BCUT2D eigenvalue weighted by molar-refractivity contribution is 7.09. The van der Waals surface area contributed by atoms with Crippen LogP contribution in [0.15, 0.2) is 5.38 Å². The van der Waals surface area contributed by atoms with E-state index in [2.05, 4.69) is 21.0 Å². The van der Waals surface area contributed by atoms with Crippen LogP contribution in [0.4, 0.5) is 0 Å². The van der Waals surface area contributed by atoms with Crippen LogP contribution in [0.25, 0.3) is 0 Å². The second kappa shape index (κ2) is 6.29. The summed E-state index contributed by atoms with van der Waals surface area (Å²) in [6.45, 7) is 2.89. The Hall–Kier alpha value is -0.940. The number of carbonyl (C=O) groups excluding carboxylic acids is 1. The smallest absolute Gasteiger partial charge is 0.220 e. The van der Waals surface area contributed by atoms with Crippen LogP contribution < -0.4 is 10.6 Å². The van der Waals surface area contributed by atoms with Crippen LogP contribution in [0, 0.1) is 12.8 Å². The van der Waals surface area contributed by atoms with Crippen molar-refractivity contribution in [2.75, 3.05) is 13.6 Å². The Kier molecular flexibility index (Phi) is 4.72. The van der Waals surface area contributed by atoms with E-state index in [-0.39, 0.29) is 11.9 Å².